The lowest BCUT2D eigenvalue weighted by Gasteiger charge is -2.14. The van der Waals surface area contributed by atoms with E-state index in [1.54, 1.807) is 13.0 Å². The standard InChI is InChI=1S/C15H13BrF2O2/c1-9(19)13-5-4-12(18)7-15(13)20-8-10-2-3-11(17)6-14(10)16/h2-7,9,19H,8H2,1H3. The average molecular weight is 343 g/mol. The molecule has 0 saturated carbocycles. The third kappa shape index (κ3) is 3.55. The van der Waals surface area contributed by atoms with Crippen molar-refractivity contribution >= 4 is 15.9 Å². The second-order valence-corrected chi connectivity index (χ2v) is 5.24. The van der Waals surface area contributed by atoms with Crippen LogP contribution in [-0.2, 0) is 6.61 Å². The number of hydrogen-bond acceptors (Lipinski definition) is 2. The first-order chi connectivity index (χ1) is 9.47. The predicted octanol–water partition coefficient (Wildman–Crippen LogP) is 4.36. The molecule has 2 rings (SSSR count). The molecule has 1 N–H and O–H groups in total. The number of hydrogen-bond donors (Lipinski definition) is 1. The number of aliphatic hydroxyl groups excluding tert-OH is 1. The number of benzene rings is 2. The normalized spacial score (nSPS) is 12.2. The molecule has 2 aromatic carbocycles. The van der Waals surface area contributed by atoms with Gasteiger partial charge >= 0.3 is 0 Å². The van der Waals surface area contributed by atoms with Gasteiger partial charge in [-0.2, -0.15) is 0 Å². The van der Waals surface area contributed by atoms with Crippen molar-refractivity contribution in [3.8, 4) is 5.75 Å². The smallest absolute Gasteiger partial charge is 0.128 e. The highest BCUT2D eigenvalue weighted by molar-refractivity contribution is 9.10. The Morgan fingerprint density at radius 3 is 2.45 bits per heavy atom. The Morgan fingerprint density at radius 2 is 1.80 bits per heavy atom. The van der Waals surface area contributed by atoms with Gasteiger partial charge in [-0.1, -0.05) is 22.0 Å². The maximum Gasteiger partial charge on any atom is 0.128 e. The fourth-order valence-corrected chi connectivity index (χ4v) is 2.24. The van der Waals surface area contributed by atoms with E-state index in [0.29, 0.717) is 10.0 Å². The summed E-state index contributed by atoms with van der Waals surface area (Å²) in [5, 5.41) is 9.62. The van der Waals surface area contributed by atoms with Gasteiger partial charge in [0.25, 0.3) is 0 Å². The Balaban J connectivity index is 2.20. The van der Waals surface area contributed by atoms with Crippen molar-refractivity contribution < 1.29 is 18.6 Å². The topological polar surface area (TPSA) is 29.5 Å². The van der Waals surface area contributed by atoms with Gasteiger partial charge in [-0.05, 0) is 31.2 Å². The summed E-state index contributed by atoms with van der Waals surface area (Å²) in [4.78, 5) is 0. The first-order valence-electron chi connectivity index (χ1n) is 6.01. The highest BCUT2D eigenvalue weighted by Crippen LogP contribution is 2.28. The van der Waals surface area contributed by atoms with Gasteiger partial charge in [0.1, 0.15) is 24.0 Å². The van der Waals surface area contributed by atoms with Crippen molar-refractivity contribution in [2.45, 2.75) is 19.6 Å². The third-order valence-corrected chi connectivity index (χ3v) is 3.56. The summed E-state index contributed by atoms with van der Waals surface area (Å²) in [6.07, 6.45) is -0.762. The molecule has 0 bridgehead atoms. The molecule has 1 unspecified atom stereocenters. The minimum Gasteiger partial charge on any atom is -0.488 e. The lowest BCUT2D eigenvalue weighted by molar-refractivity contribution is 0.189. The zero-order valence-electron chi connectivity index (χ0n) is 10.7. The van der Waals surface area contributed by atoms with Crippen molar-refractivity contribution in [1.29, 1.82) is 0 Å². The van der Waals surface area contributed by atoms with Crippen molar-refractivity contribution in [3.63, 3.8) is 0 Å². The Kier molecular flexibility index (Phi) is 4.73. The van der Waals surface area contributed by atoms with Crippen molar-refractivity contribution in [2.24, 2.45) is 0 Å². The van der Waals surface area contributed by atoms with E-state index in [-0.39, 0.29) is 18.2 Å². The van der Waals surface area contributed by atoms with Gasteiger partial charge in [0.05, 0.1) is 6.10 Å². The van der Waals surface area contributed by atoms with Crippen LogP contribution >= 0.6 is 15.9 Å². The molecule has 0 heterocycles. The lowest BCUT2D eigenvalue weighted by atomic mass is 10.1. The Morgan fingerprint density at radius 1 is 1.15 bits per heavy atom. The molecule has 1 atom stereocenters. The van der Waals surface area contributed by atoms with Crippen LogP contribution < -0.4 is 4.74 Å². The number of halogens is 3. The Hall–Kier alpha value is -1.46. The average Bonchev–Trinajstić information content (AvgIpc) is 2.37. The van der Waals surface area contributed by atoms with Crippen LogP contribution in [0.5, 0.6) is 5.75 Å². The van der Waals surface area contributed by atoms with Gasteiger partial charge in [-0.15, -0.1) is 0 Å². The van der Waals surface area contributed by atoms with E-state index in [1.807, 2.05) is 0 Å². The van der Waals surface area contributed by atoms with E-state index >= 15 is 0 Å². The van der Waals surface area contributed by atoms with E-state index in [1.165, 1.54) is 30.3 Å². The molecule has 106 valence electrons. The van der Waals surface area contributed by atoms with Crippen LogP contribution in [0.25, 0.3) is 0 Å². The first-order valence-corrected chi connectivity index (χ1v) is 6.81. The zero-order chi connectivity index (χ0) is 14.7. The summed E-state index contributed by atoms with van der Waals surface area (Å²) in [5.74, 6) is -0.519. The minimum absolute atomic E-state index is 0.143. The molecule has 0 radical (unpaired) electrons. The quantitative estimate of drug-likeness (QED) is 0.894. The van der Waals surface area contributed by atoms with Crippen LogP contribution in [0.4, 0.5) is 8.78 Å². The minimum atomic E-state index is -0.762. The van der Waals surface area contributed by atoms with Crippen LogP contribution in [0, 0.1) is 11.6 Å². The maximum atomic E-state index is 13.2. The molecule has 0 saturated heterocycles. The Labute approximate surface area is 124 Å². The van der Waals surface area contributed by atoms with E-state index in [4.69, 9.17) is 4.74 Å². The van der Waals surface area contributed by atoms with Crippen LogP contribution in [0.1, 0.15) is 24.2 Å². The molecule has 20 heavy (non-hydrogen) atoms. The largest absolute Gasteiger partial charge is 0.488 e. The van der Waals surface area contributed by atoms with Gasteiger partial charge in [-0.3, -0.25) is 0 Å². The monoisotopic (exact) mass is 342 g/mol. The highest BCUT2D eigenvalue weighted by atomic mass is 79.9. The lowest BCUT2D eigenvalue weighted by Crippen LogP contribution is -2.02. The van der Waals surface area contributed by atoms with Crippen LogP contribution in [-0.4, -0.2) is 5.11 Å². The second-order valence-electron chi connectivity index (χ2n) is 4.38. The molecule has 0 amide bonds. The number of aliphatic hydroxyl groups is 1. The zero-order valence-corrected chi connectivity index (χ0v) is 12.3. The molecule has 0 aromatic heterocycles. The number of rotatable bonds is 4. The highest BCUT2D eigenvalue weighted by Gasteiger charge is 2.11. The van der Waals surface area contributed by atoms with E-state index in [9.17, 15) is 13.9 Å². The van der Waals surface area contributed by atoms with E-state index in [2.05, 4.69) is 15.9 Å². The summed E-state index contributed by atoms with van der Waals surface area (Å²) in [6, 6.07) is 8.21. The molecule has 2 aromatic rings. The van der Waals surface area contributed by atoms with Crippen LogP contribution in [0.3, 0.4) is 0 Å². The SMILES string of the molecule is CC(O)c1ccc(F)cc1OCc1ccc(F)cc1Br. The van der Waals surface area contributed by atoms with Crippen molar-refractivity contribution in [2.75, 3.05) is 0 Å². The van der Waals surface area contributed by atoms with Crippen LogP contribution in [0.15, 0.2) is 40.9 Å². The van der Waals surface area contributed by atoms with Gasteiger partial charge < -0.3 is 9.84 Å². The molecular weight excluding hydrogens is 330 g/mol. The molecular formula is C15H13BrF2O2. The van der Waals surface area contributed by atoms with Crippen LogP contribution in [0.2, 0.25) is 0 Å². The number of ether oxygens (including phenoxy) is 1. The first kappa shape index (κ1) is 14.9. The van der Waals surface area contributed by atoms with Crippen molar-refractivity contribution in [3.05, 3.63) is 63.6 Å². The molecule has 0 aliphatic rings. The predicted molar refractivity (Wildman–Crippen MR) is 75.5 cm³/mol. The fraction of sp³-hybridized carbons (Fsp3) is 0.200. The van der Waals surface area contributed by atoms with Gasteiger partial charge in [0.2, 0.25) is 0 Å². The summed E-state index contributed by atoms with van der Waals surface area (Å²) < 4.78 is 32.3. The van der Waals surface area contributed by atoms with E-state index < -0.39 is 11.9 Å². The molecule has 0 aliphatic heterocycles. The Bertz CT molecular complexity index is 615. The van der Waals surface area contributed by atoms with Gasteiger partial charge in [0, 0.05) is 21.7 Å². The van der Waals surface area contributed by atoms with Crippen molar-refractivity contribution in [1.82, 2.24) is 0 Å². The molecule has 0 fully saturated rings. The summed E-state index contributed by atoms with van der Waals surface area (Å²) >= 11 is 3.24. The molecule has 0 aliphatic carbocycles. The molecule has 0 spiro atoms. The van der Waals surface area contributed by atoms with Gasteiger partial charge in [0.15, 0.2) is 0 Å². The molecule has 2 nitrogen and oxygen atoms in total. The summed E-state index contributed by atoms with van der Waals surface area (Å²) in [7, 11) is 0. The fourth-order valence-electron chi connectivity index (χ4n) is 1.77. The third-order valence-electron chi connectivity index (χ3n) is 2.82. The second kappa shape index (κ2) is 6.33. The molecule has 5 heteroatoms. The van der Waals surface area contributed by atoms with E-state index in [0.717, 1.165) is 5.56 Å². The maximum absolute atomic E-state index is 13.2. The summed E-state index contributed by atoms with van der Waals surface area (Å²) in [5.41, 5.74) is 1.23. The summed E-state index contributed by atoms with van der Waals surface area (Å²) in [6.45, 7) is 1.72. The van der Waals surface area contributed by atoms with Gasteiger partial charge in [-0.25, -0.2) is 8.78 Å².